The maximum atomic E-state index is 15.3. The zero-order chi connectivity index (χ0) is 26.8. The number of methoxy groups -OCH3 is 1. The number of nitrogens with zero attached hydrogens (tertiary/aromatic N) is 7. The minimum absolute atomic E-state index is 0.0510. The van der Waals surface area contributed by atoms with E-state index in [0.717, 1.165) is 15.4 Å². The molecule has 6 rings (SSSR count). The average Bonchev–Trinajstić information content (AvgIpc) is 3.48. The third kappa shape index (κ3) is 4.00. The van der Waals surface area contributed by atoms with Gasteiger partial charge in [0, 0.05) is 6.54 Å². The first kappa shape index (κ1) is 24.7. The summed E-state index contributed by atoms with van der Waals surface area (Å²) in [6.45, 7) is 1.77. The highest BCUT2D eigenvalue weighted by atomic mass is 19.3. The zero-order valence-electron chi connectivity index (χ0n) is 20.3. The van der Waals surface area contributed by atoms with Crippen LogP contribution in [0.2, 0.25) is 0 Å². The zero-order valence-corrected chi connectivity index (χ0v) is 20.3. The van der Waals surface area contributed by atoms with Gasteiger partial charge in [-0.25, -0.2) is 31.1 Å². The fourth-order valence-corrected chi connectivity index (χ4v) is 4.83. The summed E-state index contributed by atoms with van der Waals surface area (Å²) in [5, 5.41) is 14.6. The van der Waals surface area contributed by atoms with E-state index < -0.39 is 36.8 Å². The number of likely N-dealkylation sites (tertiary alicyclic amines) is 1. The molecule has 38 heavy (non-hydrogen) atoms. The summed E-state index contributed by atoms with van der Waals surface area (Å²) in [5.41, 5.74) is 1.17. The van der Waals surface area contributed by atoms with Gasteiger partial charge < -0.3 is 14.8 Å². The molecule has 202 valence electrons. The van der Waals surface area contributed by atoms with E-state index in [4.69, 9.17) is 9.47 Å². The summed E-state index contributed by atoms with van der Waals surface area (Å²) in [4.78, 5) is 5.90. The minimum atomic E-state index is -3.05. The number of fused-ring (bicyclic) bond motifs is 2. The Hall–Kier alpha value is -3.59. The molecule has 2 saturated heterocycles. The van der Waals surface area contributed by atoms with Gasteiger partial charge in [-0.1, -0.05) is 11.3 Å². The van der Waals surface area contributed by atoms with Gasteiger partial charge in [0.25, 0.3) is 12.3 Å². The van der Waals surface area contributed by atoms with Crippen LogP contribution in [0.5, 0.6) is 5.88 Å². The third-order valence-corrected chi connectivity index (χ3v) is 7.04. The van der Waals surface area contributed by atoms with E-state index in [-0.39, 0.29) is 41.0 Å². The van der Waals surface area contributed by atoms with Gasteiger partial charge in [0.2, 0.25) is 11.8 Å². The summed E-state index contributed by atoms with van der Waals surface area (Å²) < 4.78 is 84.2. The number of benzene rings is 1. The molecule has 3 aromatic heterocycles. The average molecular weight is 538 g/mol. The number of anilines is 1. The van der Waals surface area contributed by atoms with E-state index in [9.17, 15) is 17.6 Å². The van der Waals surface area contributed by atoms with Gasteiger partial charge in [0.1, 0.15) is 23.1 Å². The molecule has 2 aliphatic rings. The van der Waals surface area contributed by atoms with Gasteiger partial charge in [-0.3, -0.25) is 4.90 Å². The molecule has 0 amide bonds. The Kier molecular flexibility index (Phi) is 5.86. The SMILES string of the molecule is COc1nc(N[C@@H]2CN(C3COC3)CC2(F)F)nn2cc(F)c(-c3ccc4nnn([C@H](C)C(F)F)c4c3)c12. The molecule has 0 aliphatic carbocycles. The van der Waals surface area contributed by atoms with Crippen molar-refractivity contribution in [2.45, 2.75) is 37.4 Å². The number of rotatable bonds is 7. The van der Waals surface area contributed by atoms with Gasteiger partial charge in [0.15, 0.2) is 5.82 Å². The lowest BCUT2D eigenvalue weighted by Crippen LogP contribution is -2.48. The number of aromatic nitrogens is 6. The molecule has 2 atom stereocenters. The van der Waals surface area contributed by atoms with Crippen molar-refractivity contribution in [3.8, 4) is 17.0 Å². The van der Waals surface area contributed by atoms with Crippen LogP contribution >= 0.6 is 0 Å². The van der Waals surface area contributed by atoms with Gasteiger partial charge in [-0.2, -0.15) is 4.98 Å². The van der Waals surface area contributed by atoms with Gasteiger partial charge >= 0.3 is 0 Å². The second kappa shape index (κ2) is 9.01. The summed E-state index contributed by atoms with van der Waals surface area (Å²) in [6, 6.07) is 2.03. The number of halogens is 5. The number of ether oxygens (including phenoxy) is 2. The van der Waals surface area contributed by atoms with Crippen molar-refractivity contribution < 1.29 is 31.4 Å². The Morgan fingerprint density at radius 1 is 1.24 bits per heavy atom. The molecule has 0 unspecified atom stereocenters. The number of alkyl halides is 4. The number of hydrogen-bond donors (Lipinski definition) is 1. The summed E-state index contributed by atoms with van der Waals surface area (Å²) in [6.07, 6.45) is -1.61. The normalized spacial score (nSPS) is 20.9. The summed E-state index contributed by atoms with van der Waals surface area (Å²) >= 11 is 0. The van der Waals surface area contributed by atoms with Crippen molar-refractivity contribution in [3.63, 3.8) is 0 Å². The fraction of sp³-hybridized carbons (Fsp3) is 0.478. The van der Waals surface area contributed by atoms with E-state index in [1.165, 1.54) is 20.1 Å². The Balaban J connectivity index is 1.37. The van der Waals surface area contributed by atoms with Crippen LogP contribution in [0.25, 0.3) is 27.7 Å². The molecule has 1 aromatic carbocycles. The Morgan fingerprint density at radius 3 is 2.71 bits per heavy atom. The lowest BCUT2D eigenvalue weighted by Gasteiger charge is -2.34. The van der Waals surface area contributed by atoms with Crippen molar-refractivity contribution in [2.24, 2.45) is 0 Å². The molecular weight excluding hydrogens is 515 g/mol. The molecule has 2 fully saturated rings. The van der Waals surface area contributed by atoms with Crippen LogP contribution in [-0.2, 0) is 4.74 Å². The Bertz CT molecular complexity index is 1500. The first-order chi connectivity index (χ1) is 18.2. The van der Waals surface area contributed by atoms with Gasteiger partial charge in [-0.05, 0) is 24.6 Å². The highest BCUT2D eigenvalue weighted by Gasteiger charge is 2.51. The van der Waals surface area contributed by atoms with Crippen LogP contribution in [-0.4, -0.2) is 92.3 Å². The van der Waals surface area contributed by atoms with Gasteiger partial charge in [0.05, 0.1) is 50.2 Å². The van der Waals surface area contributed by atoms with Crippen molar-refractivity contribution in [1.29, 1.82) is 0 Å². The first-order valence-corrected chi connectivity index (χ1v) is 11.9. The summed E-state index contributed by atoms with van der Waals surface area (Å²) in [5.74, 6) is -3.96. The molecule has 15 heteroatoms. The minimum Gasteiger partial charge on any atom is -0.479 e. The predicted molar refractivity (Wildman–Crippen MR) is 125 cm³/mol. The Morgan fingerprint density at radius 2 is 2.03 bits per heavy atom. The first-order valence-electron chi connectivity index (χ1n) is 11.9. The highest BCUT2D eigenvalue weighted by Crippen LogP contribution is 2.37. The number of hydrogen-bond acceptors (Lipinski definition) is 8. The van der Waals surface area contributed by atoms with E-state index >= 15 is 4.39 Å². The standard InChI is InChI=1S/C23H23F5N8O2/c1-11(20(25)26)36-16-5-12(3-4-15(16)31-33-36)18-14(24)6-35-19(18)21(37-2)30-22(32-35)29-17-7-34(10-23(17,27)28)13-8-38-9-13/h3-6,11,13,17,20H,7-10H2,1-2H3,(H,29,32)/t11-,17-/m1/s1. The topological polar surface area (TPSA) is 94.6 Å². The third-order valence-electron chi connectivity index (χ3n) is 7.04. The molecule has 0 bridgehead atoms. The highest BCUT2D eigenvalue weighted by molar-refractivity contribution is 5.89. The quantitative estimate of drug-likeness (QED) is 0.359. The maximum absolute atomic E-state index is 15.3. The van der Waals surface area contributed by atoms with Gasteiger partial charge in [-0.15, -0.1) is 10.2 Å². The molecular formula is C23H23F5N8O2. The van der Waals surface area contributed by atoms with Crippen LogP contribution in [0.3, 0.4) is 0 Å². The van der Waals surface area contributed by atoms with E-state index in [1.54, 1.807) is 17.0 Å². The van der Waals surface area contributed by atoms with Crippen LogP contribution in [0.4, 0.5) is 27.9 Å². The van der Waals surface area contributed by atoms with Crippen LogP contribution in [0.15, 0.2) is 24.4 Å². The number of nitrogens with one attached hydrogen (secondary N) is 1. The summed E-state index contributed by atoms with van der Waals surface area (Å²) in [7, 11) is 1.32. The second-order valence-corrected chi connectivity index (χ2v) is 9.48. The van der Waals surface area contributed by atoms with Crippen molar-refractivity contribution in [1.82, 2.24) is 34.5 Å². The second-order valence-electron chi connectivity index (χ2n) is 9.48. The molecule has 0 spiro atoms. The van der Waals surface area contributed by atoms with Crippen molar-refractivity contribution in [3.05, 3.63) is 30.2 Å². The fourth-order valence-electron chi connectivity index (χ4n) is 4.83. The molecule has 5 heterocycles. The largest absolute Gasteiger partial charge is 0.479 e. The van der Waals surface area contributed by atoms with E-state index in [2.05, 4.69) is 25.7 Å². The molecule has 10 nitrogen and oxygen atoms in total. The van der Waals surface area contributed by atoms with E-state index in [0.29, 0.717) is 24.3 Å². The van der Waals surface area contributed by atoms with E-state index in [1.807, 2.05) is 0 Å². The van der Waals surface area contributed by atoms with Crippen LogP contribution in [0, 0.1) is 5.82 Å². The van der Waals surface area contributed by atoms with Crippen molar-refractivity contribution >= 4 is 22.5 Å². The van der Waals surface area contributed by atoms with Crippen LogP contribution < -0.4 is 10.1 Å². The lowest BCUT2D eigenvalue weighted by atomic mass is 10.1. The molecule has 4 aromatic rings. The van der Waals surface area contributed by atoms with Crippen molar-refractivity contribution in [2.75, 3.05) is 38.7 Å². The molecule has 0 radical (unpaired) electrons. The monoisotopic (exact) mass is 538 g/mol. The maximum Gasteiger partial charge on any atom is 0.281 e. The van der Waals surface area contributed by atoms with Crippen LogP contribution in [0.1, 0.15) is 13.0 Å². The molecule has 1 N–H and O–H groups in total. The smallest absolute Gasteiger partial charge is 0.281 e. The lowest BCUT2D eigenvalue weighted by molar-refractivity contribution is -0.0711. The molecule has 2 aliphatic heterocycles. The molecule has 0 saturated carbocycles. The Labute approximate surface area is 212 Å². The predicted octanol–water partition coefficient (Wildman–Crippen LogP) is 3.25.